The summed E-state index contributed by atoms with van der Waals surface area (Å²) in [5, 5.41) is 8.07. The second kappa shape index (κ2) is 4.91. The zero-order chi connectivity index (χ0) is 13.1. The van der Waals surface area contributed by atoms with E-state index in [9.17, 15) is 4.79 Å². The third-order valence-corrected chi connectivity index (χ3v) is 2.42. The minimum Gasteiger partial charge on any atom is -0.458 e. The second-order valence-corrected chi connectivity index (χ2v) is 4.03. The molecule has 0 bridgehead atoms. The highest BCUT2D eigenvalue weighted by molar-refractivity contribution is 5.69. The monoisotopic (exact) mass is 249 g/mol. The molecular formula is C11H15N5O2. The summed E-state index contributed by atoms with van der Waals surface area (Å²) in [5.41, 5.74) is 7.75. The van der Waals surface area contributed by atoms with Gasteiger partial charge in [-0.2, -0.15) is 10.2 Å². The number of nitrogen functional groups attached to an aromatic ring is 1. The van der Waals surface area contributed by atoms with Crippen LogP contribution in [-0.4, -0.2) is 25.5 Å². The van der Waals surface area contributed by atoms with Crippen molar-refractivity contribution in [2.75, 3.05) is 5.73 Å². The zero-order valence-electron chi connectivity index (χ0n) is 10.3. The molecule has 0 unspecified atom stereocenters. The molecule has 0 saturated heterocycles. The highest BCUT2D eigenvalue weighted by atomic mass is 16.5. The van der Waals surface area contributed by atoms with Crippen molar-refractivity contribution in [1.82, 2.24) is 19.6 Å². The first-order valence-electron chi connectivity index (χ1n) is 5.47. The molecule has 2 rings (SSSR count). The molecule has 0 atom stereocenters. The quantitative estimate of drug-likeness (QED) is 0.785. The predicted molar refractivity (Wildman–Crippen MR) is 64.4 cm³/mol. The maximum atomic E-state index is 11.6. The molecule has 2 N–H and O–H groups in total. The molecule has 96 valence electrons. The van der Waals surface area contributed by atoms with Crippen LogP contribution in [0.5, 0.6) is 0 Å². The fourth-order valence-corrected chi connectivity index (χ4v) is 1.60. The fraction of sp³-hybridized carbons (Fsp3) is 0.364. The van der Waals surface area contributed by atoms with E-state index in [2.05, 4.69) is 10.2 Å². The first-order chi connectivity index (χ1) is 8.54. The van der Waals surface area contributed by atoms with Crippen molar-refractivity contribution >= 4 is 11.7 Å². The molecule has 0 aliphatic heterocycles. The SMILES string of the molecule is Cc1cc(COC(=O)Cn2cc(N)cn2)n(C)n1. The number of esters is 1. The molecule has 7 nitrogen and oxygen atoms in total. The van der Waals surface area contributed by atoms with Crippen molar-refractivity contribution < 1.29 is 9.53 Å². The Bertz CT molecular complexity index is 558. The van der Waals surface area contributed by atoms with Crippen molar-refractivity contribution in [2.24, 2.45) is 7.05 Å². The van der Waals surface area contributed by atoms with E-state index in [0.717, 1.165) is 11.4 Å². The Balaban J connectivity index is 1.87. The Labute approximate surface area is 104 Å². The number of nitrogens with zero attached hydrogens (tertiary/aromatic N) is 4. The molecule has 0 saturated carbocycles. The highest BCUT2D eigenvalue weighted by Crippen LogP contribution is 2.04. The van der Waals surface area contributed by atoms with Gasteiger partial charge in [-0.05, 0) is 13.0 Å². The summed E-state index contributed by atoms with van der Waals surface area (Å²) in [5.74, 6) is -0.364. The van der Waals surface area contributed by atoms with Crippen LogP contribution in [0.1, 0.15) is 11.4 Å². The van der Waals surface area contributed by atoms with Crippen molar-refractivity contribution in [2.45, 2.75) is 20.1 Å². The van der Waals surface area contributed by atoms with Gasteiger partial charge < -0.3 is 10.5 Å². The Morgan fingerprint density at radius 1 is 1.56 bits per heavy atom. The molecule has 0 spiro atoms. The fourth-order valence-electron chi connectivity index (χ4n) is 1.60. The lowest BCUT2D eigenvalue weighted by Gasteiger charge is -2.05. The average Bonchev–Trinajstić information content (AvgIpc) is 2.82. The maximum absolute atomic E-state index is 11.6. The number of ether oxygens (including phenoxy) is 1. The van der Waals surface area contributed by atoms with E-state index in [-0.39, 0.29) is 19.1 Å². The molecule has 2 aromatic heterocycles. The Morgan fingerprint density at radius 2 is 2.33 bits per heavy atom. The average molecular weight is 249 g/mol. The topological polar surface area (TPSA) is 88.0 Å². The smallest absolute Gasteiger partial charge is 0.328 e. The van der Waals surface area contributed by atoms with Crippen LogP contribution in [0.15, 0.2) is 18.5 Å². The van der Waals surface area contributed by atoms with Gasteiger partial charge in [0, 0.05) is 13.2 Å². The van der Waals surface area contributed by atoms with Crippen LogP contribution in [0.4, 0.5) is 5.69 Å². The van der Waals surface area contributed by atoms with Crippen LogP contribution in [0, 0.1) is 6.92 Å². The van der Waals surface area contributed by atoms with Crippen molar-refractivity contribution in [3.8, 4) is 0 Å². The number of carbonyl (C=O) groups is 1. The normalized spacial score (nSPS) is 10.6. The number of anilines is 1. The van der Waals surface area contributed by atoms with Gasteiger partial charge in [0.2, 0.25) is 0 Å². The lowest BCUT2D eigenvalue weighted by molar-refractivity contribution is -0.146. The second-order valence-electron chi connectivity index (χ2n) is 4.03. The summed E-state index contributed by atoms with van der Waals surface area (Å²) in [6.45, 7) is 2.14. The largest absolute Gasteiger partial charge is 0.458 e. The van der Waals surface area contributed by atoms with E-state index in [1.807, 2.05) is 20.0 Å². The summed E-state index contributed by atoms with van der Waals surface area (Å²) in [6, 6.07) is 1.87. The van der Waals surface area contributed by atoms with Gasteiger partial charge in [-0.3, -0.25) is 14.2 Å². The molecule has 2 heterocycles. The molecule has 0 aliphatic rings. The number of hydrogen-bond acceptors (Lipinski definition) is 5. The summed E-state index contributed by atoms with van der Waals surface area (Å²) in [6.07, 6.45) is 3.06. The first kappa shape index (κ1) is 12.2. The molecule has 0 aliphatic carbocycles. The predicted octanol–water partition coefficient (Wildman–Crippen LogP) is 0.251. The van der Waals surface area contributed by atoms with Crippen LogP contribution in [-0.2, 0) is 29.7 Å². The number of aryl methyl sites for hydroxylation is 2. The van der Waals surface area contributed by atoms with Crippen LogP contribution in [0.3, 0.4) is 0 Å². The van der Waals surface area contributed by atoms with Crippen LogP contribution in [0.2, 0.25) is 0 Å². The third kappa shape index (κ3) is 2.88. The van der Waals surface area contributed by atoms with Gasteiger partial charge in [0.25, 0.3) is 0 Å². The van der Waals surface area contributed by atoms with E-state index in [1.54, 1.807) is 10.9 Å². The molecule has 2 aromatic rings. The molecular weight excluding hydrogens is 234 g/mol. The lowest BCUT2D eigenvalue weighted by atomic mass is 10.4. The van der Waals surface area contributed by atoms with Crippen LogP contribution in [0.25, 0.3) is 0 Å². The number of nitrogens with two attached hydrogens (primary N) is 1. The molecule has 7 heteroatoms. The van der Waals surface area contributed by atoms with E-state index < -0.39 is 0 Å². The van der Waals surface area contributed by atoms with Crippen LogP contribution < -0.4 is 5.73 Å². The van der Waals surface area contributed by atoms with Crippen molar-refractivity contribution in [3.05, 3.63) is 29.8 Å². The van der Waals surface area contributed by atoms with Crippen molar-refractivity contribution in [3.63, 3.8) is 0 Å². The van der Waals surface area contributed by atoms with Gasteiger partial charge in [-0.25, -0.2) is 0 Å². The number of carbonyl (C=O) groups excluding carboxylic acids is 1. The minimum atomic E-state index is -0.364. The lowest BCUT2D eigenvalue weighted by Crippen LogP contribution is -2.14. The van der Waals surface area contributed by atoms with Crippen molar-refractivity contribution in [1.29, 1.82) is 0 Å². The van der Waals surface area contributed by atoms with Crippen LogP contribution >= 0.6 is 0 Å². The van der Waals surface area contributed by atoms with Gasteiger partial charge in [-0.1, -0.05) is 0 Å². The standard InChI is InChI=1S/C11H15N5O2/c1-8-3-10(15(2)14-8)7-18-11(17)6-16-5-9(12)4-13-16/h3-5H,6-7,12H2,1-2H3. The van der Waals surface area contributed by atoms with E-state index in [1.165, 1.54) is 10.9 Å². The zero-order valence-corrected chi connectivity index (χ0v) is 10.3. The Hall–Kier alpha value is -2.31. The molecule has 0 fully saturated rings. The first-order valence-corrected chi connectivity index (χ1v) is 5.47. The number of aromatic nitrogens is 4. The highest BCUT2D eigenvalue weighted by Gasteiger charge is 2.08. The van der Waals surface area contributed by atoms with Gasteiger partial charge in [0.1, 0.15) is 13.2 Å². The van der Waals surface area contributed by atoms with Gasteiger partial charge >= 0.3 is 5.97 Å². The third-order valence-electron chi connectivity index (χ3n) is 2.42. The molecule has 0 radical (unpaired) electrons. The van der Waals surface area contributed by atoms with E-state index in [4.69, 9.17) is 10.5 Å². The van der Waals surface area contributed by atoms with Gasteiger partial charge in [0.15, 0.2) is 0 Å². The summed E-state index contributed by atoms with van der Waals surface area (Å²) in [7, 11) is 1.81. The summed E-state index contributed by atoms with van der Waals surface area (Å²) >= 11 is 0. The minimum absolute atomic E-state index is 0.0496. The van der Waals surface area contributed by atoms with E-state index in [0.29, 0.717) is 5.69 Å². The summed E-state index contributed by atoms with van der Waals surface area (Å²) < 4.78 is 8.26. The maximum Gasteiger partial charge on any atom is 0.328 e. The Morgan fingerprint density at radius 3 is 2.89 bits per heavy atom. The summed E-state index contributed by atoms with van der Waals surface area (Å²) in [4.78, 5) is 11.6. The Kier molecular flexibility index (Phi) is 3.31. The molecule has 18 heavy (non-hydrogen) atoms. The number of rotatable bonds is 4. The number of hydrogen-bond donors (Lipinski definition) is 1. The molecule has 0 amide bonds. The van der Waals surface area contributed by atoms with E-state index >= 15 is 0 Å². The van der Waals surface area contributed by atoms with Gasteiger partial charge in [-0.15, -0.1) is 0 Å². The molecule has 0 aromatic carbocycles. The van der Waals surface area contributed by atoms with Gasteiger partial charge in [0.05, 0.1) is 23.3 Å².